The first-order valence-corrected chi connectivity index (χ1v) is 3.65. The lowest BCUT2D eigenvalue weighted by atomic mass is 9.99. The maximum absolute atomic E-state index is 9.28. The van der Waals surface area contributed by atoms with E-state index in [0.29, 0.717) is 5.92 Å². The minimum atomic E-state index is -0.120. The van der Waals surface area contributed by atoms with E-state index >= 15 is 0 Å². The van der Waals surface area contributed by atoms with Crippen LogP contribution in [0.2, 0.25) is 0 Å². The number of rotatable bonds is 1. The van der Waals surface area contributed by atoms with Crippen molar-refractivity contribution >= 4 is 0 Å². The van der Waals surface area contributed by atoms with E-state index in [0.717, 1.165) is 19.3 Å². The first kappa shape index (κ1) is 7.03. The normalized spacial score (nSPS) is 39.0. The molecular weight excluding hydrogens is 114 g/mol. The SMILES string of the molecule is C[C@H](N)[C@H]1CCC[C@H]1O. The Balaban J connectivity index is 2.40. The van der Waals surface area contributed by atoms with Crippen LogP contribution in [0, 0.1) is 5.92 Å². The van der Waals surface area contributed by atoms with Crippen molar-refractivity contribution in [2.24, 2.45) is 11.7 Å². The lowest BCUT2D eigenvalue weighted by molar-refractivity contribution is 0.121. The third kappa shape index (κ3) is 1.43. The minimum absolute atomic E-state index is 0.120. The van der Waals surface area contributed by atoms with E-state index in [2.05, 4.69) is 0 Å². The standard InChI is InChI=1S/C7H15NO/c1-5(8)6-3-2-4-7(6)9/h5-7,9H,2-4,8H2,1H3/t5-,6+,7+/m0/s1. The van der Waals surface area contributed by atoms with Gasteiger partial charge in [0.2, 0.25) is 0 Å². The Bertz CT molecular complexity index is 92.9. The Hall–Kier alpha value is -0.0800. The Morgan fingerprint density at radius 2 is 2.22 bits per heavy atom. The second-order valence-electron chi connectivity index (χ2n) is 3.02. The predicted octanol–water partition coefficient (Wildman–Crippen LogP) is 0.495. The highest BCUT2D eigenvalue weighted by atomic mass is 16.3. The van der Waals surface area contributed by atoms with Crippen LogP contribution >= 0.6 is 0 Å². The first-order valence-electron chi connectivity index (χ1n) is 3.65. The van der Waals surface area contributed by atoms with Crippen molar-refractivity contribution in [1.29, 1.82) is 0 Å². The number of aliphatic hydroxyl groups excluding tert-OH is 1. The highest BCUT2D eigenvalue weighted by Gasteiger charge is 2.27. The van der Waals surface area contributed by atoms with Gasteiger partial charge in [-0.1, -0.05) is 6.42 Å². The van der Waals surface area contributed by atoms with Crippen molar-refractivity contribution in [3.05, 3.63) is 0 Å². The zero-order valence-corrected chi connectivity index (χ0v) is 5.88. The average molecular weight is 129 g/mol. The summed E-state index contributed by atoms with van der Waals surface area (Å²) in [5.41, 5.74) is 5.63. The van der Waals surface area contributed by atoms with E-state index in [1.165, 1.54) is 0 Å². The van der Waals surface area contributed by atoms with E-state index in [4.69, 9.17) is 5.73 Å². The van der Waals surface area contributed by atoms with Gasteiger partial charge in [0, 0.05) is 6.04 Å². The molecule has 0 aliphatic heterocycles. The summed E-state index contributed by atoms with van der Waals surface area (Å²) in [6, 6.07) is 0.169. The fraction of sp³-hybridized carbons (Fsp3) is 1.00. The van der Waals surface area contributed by atoms with Gasteiger partial charge >= 0.3 is 0 Å². The summed E-state index contributed by atoms with van der Waals surface area (Å²) < 4.78 is 0. The maximum Gasteiger partial charge on any atom is 0.0583 e. The van der Waals surface area contributed by atoms with Crippen molar-refractivity contribution < 1.29 is 5.11 Å². The largest absolute Gasteiger partial charge is 0.393 e. The molecule has 0 heterocycles. The lowest BCUT2D eigenvalue weighted by Gasteiger charge is -2.17. The molecule has 0 aromatic heterocycles. The monoisotopic (exact) mass is 129 g/mol. The third-order valence-electron chi connectivity index (χ3n) is 2.21. The van der Waals surface area contributed by atoms with E-state index in [1.807, 2.05) is 6.92 Å². The van der Waals surface area contributed by atoms with Crippen molar-refractivity contribution in [2.45, 2.75) is 38.3 Å². The molecule has 1 aliphatic rings. The van der Waals surface area contributed by atoms with Gasteiger partial charge in [-0.15, -0.1) is 0 Å². The molecule has 54 valence electrons. The minimum Gasteiger partial charge on any atom is -0.393 e. The van der Waals surface area contributed by atoms with Crippen LogP contribution in [0.15, 0.2) is 0 Å². The number of hydrogen-bond acceptors (Lipinski definition) is 2. The summed E-state index contributed by atoms with van der Waals surface area (Å²) in [7, 11) is 0. The second kappa shape index (κ2) is 2.67. The van der Waals surface area contributed by atoms with Crippen LogP contribution in [-0.2, 0) is 0 Å². The molecule has 1 aliphatic carbocycles. The van der Waals surface area contributed by atoms with Crippen LogP contribution in [0.25, 0.3) is 0 Å². The zero-order chi connectivity index (χ0) is 6.85. The van der Waals surface area contributed by atoms with E-state index in [9.17, 15) is 5.11 Å². The summed E-state index contributed by atoms with van der Waals surface area (Å²) in [6.45, 7) is 1.97. The summed E-state index contributed by atoms with van der Waals surface area (Å²) in [6.07, 6.45) is 3.09. The molecule has 0 aromatic rings. The molecule has 0 aromatic carbocycles. The molecule has 9 heavy (non-hydrogen) atoms. The van der Waals surface area contributed by atoms with E-state index in [1.54, 1.807) is 0 Å². The molecule has 3 atom stereocenters. The lowest BCUT2D eigenvalue weighted by Crippen LogP contribution is -2.31. The van der Waals surface area contributed by atoms with Gasteiger partial charge in [-0.05, 0) is 25.7 Å². The van der Waals surface area contributed by atoms with Gasteiger partial charge in [-0.3, -0.25) is 0 Å². The van der Waals surface area contributed by atoms with Crippen molar-refractivity contribution in [3.8, 4) is 0 Å². The third-order valence-corrected chi connectivity index (χ3v) is 2.21. The van der Waals surface area contributed by atoms with Crippen LogP contribution in [0.3, 0.4) is 0 Å². The van der Waals surface area contributed by atoms with Gasteiger partial charge in [-0.25, -0.2) is 0 Å². The Kier molecular flexibility index (Phi) is 2.09. The fourth-order valence-electron chi connectivity index (χ4n) is 1.58. The van der Waals surface area contributed by atoms with Crippen LogP contribution in [-0.4, -0.2) is 17.3 Å². The summed E-state index contributed by atoms with van der Waals surface area (Å²) >= 11 is 0. The van der Waals surface area contributed by atoms with E-state index in [-0.39, 0.29) is 12.1 Å². The molecule has 0 amide bonds. The fourth-order valence-corrected chi connectivity index (χ4v) is 1.58. The summed E-state index contributed by atoms with van der Waals surface area (Å²) in [5.74, 6) is 0.366. The van der Waals surface area contributed by atoms with Gasteiger partial charge in [0.1, 0.15) is 0 Å². The molecular formula is C7H15NO. The molecule has 2 nitrogen and oxygen atoms in total. The number of nitrogens with two attached hydrogens (primary N) is 1. The Morgan fingerprint density at radius 3 is 2.44 bits per heavy atom. The van der Waals surface area contributed by atoms with Gasteiger partial charge in [0.05, 0.1) is 6.10 Å². The Labute approximate surface area is 56.1 Å². The second-order valence-corrected chi connectivity index (χ2v) is 3.02. The van der Waals surface area contributed by atoms with Crippen LogP contribution in [0.1, 0.15) is 26.2 Å². The van der Waals surface area contributed by atoms with Crippen molar-refractivity contribution in [3.63, 3.8) is 0 Å². The first-order chi connectivity index (χ1) is 4.22. The molecule has 0 saturated heterocycles. The average Bonchev–Trinajstić information content (AvgIpc) is 2.13. The molecule has 1 saturated carbocycles. The topological polar surface area (TPSA) is 46.2 Å². The molecule has 0 unspecified atom stereocenters. The molecule has 3 N–H and O–H groups in total. The molecule has 1 rings (SSSR count). The molecule has 0 radical (unpaired) electrons. The number of hydrogen-bond donors (Lipinski definition) is 2. The highest BCUT2D eigenvalue weighted by Crippen LogP contribution is 2.26. The van der Waals surface area contributed by atoms with Gasteiger partial charge in [0.15, 0.2) is 0 Å². The van der Waals surface area contributed by atoms with Gasteiger partial charge in [-0.2, -0.15) is 0 Å². The highest BCUT2D eigenvalue weighted by molar-refractivity contribution is 4.81. The zero-order valence-electron chi connectivity index (χ0n) is 5.88. The van der Waals surface area contributed by atoms with Gasteiger partial charge < -0.3 is 10.8 Å². The Morgan fingerprint density at radius 1 is 1.56 bits per heavy atom. The summed E-state index contributed by atoms with van der Waals surface area (Å²) in [5, 5.41) is 9.28. The van der Waals surface area contributed by atoms with Crippen LogP contribution in [0.4, 0.5) is 0 Å². The van der Waals surface area contributed by atoms with E-state index < -0.39 is 0 Å². The molecule has 0 bridgehead atoms. The predicted molar refractivity (Wildman–Crippen MR) is 37.0 cm³/mol. The van der Waals surface area contributed by atoms with Crippen LogP contribution in [0.5, 0.6) is 0 Å². The van der Waals surface area contributed by atoms with Crippen LogP contribution < -0.4 is 5.73 Å². The molecule has 0 spiro atoms. The smallest absolute Gasteiger partial charge is 0.0583 e. The maximum atomic E-state index is 9.28. The molecule has 1 fully saturated rings. The van der Waals surface area contributed by atoms with Crippen molar-refractivity contribution in [1.82, 2.24) is 0 Å². The molecule has 2 heteroatoms. The van der Waals surface area contributed by atoms with Crippen molar-refractivity contribution in [2.75, 3.05) is 0 Å². The number of aliphatic hydroxyl groups is 1. The quantitative estimate of drug-likeness (QED) is 0.541. The summed E-state index contributed by atoms with van der Waals surface area (Å²) in [4.78, 5) is 0. The van der Waals surface area contributed by atoms with Gasteiger partial charge in [0.25, 0.3) is 0 Å².